The Hall–Kier alpha value is -1.95. The average molecular weight is 310 g/mol. The lowest BCUT2D eigenvalue weighted by atomic mass is 9.81. The Labute approximate surface area is 127 Å². The van der Waals surface area contributed by atoms with E-state index < -0.39 is 6.03 Å². The molecule has 0 aromatic heterocycles. The summed E-state index contributed by atoms with van der Waals surface area (Å²) in [6.07, 6.45) is 0.396. The van der Waals surface area contributed by atoms with Gasteiger partial charge in [0.05, 0.1) is 7.11 Å². The molecule has 2 N–H and O–H groups in total. The normalized spacial score (nSPS) is 23.5. The molecular formula is C14H16ClN3O3. The molecule has 0 saturated carbocycles. The summed E-state index contributed by atoms with van der Waals surface area (Å²) in [5, 5.41) is 0.607. The van der Waals surface area contributed by atoms with E-state index in [4.69, 9.17) is 22.1 Å². The third kappa shape index (κ3) is 2.10. The van der Waals surface area contributed by atoms with Crippen LogP contribution in [0.1, 0.15) is 12.0 Å². The summed E-state index contributed by atoms with van der Waals surface area (Å²) in [5.41, 5.74) is 6.90. The first-order chi connectivity index (χ1) is 9.97. The molecule has 0 aliphatic carbocycles. The second-order valence-electron chi connectivity index (χ2n) is 5.51. The zero-order valence-corrected chi connectivity index (χ0v) is 12.4. The highest BCUT2D eigenvalue weighted by Crippen LogP contribution is 2.47. The number of methoxy groups -OCH3 is 1. The number of anilines is 1. The van der Waals surface area contributed by atoms with Crippen LogP contribution in [0.5, 0.6) is 0 Å². The maximum atomic E-state index is 11.7. The summed E-state index contributed by atoms with van der Waals surface area (Å²) in [4.78, 5) is 26.6. The van der Waals surface area contributed by atoms with Crippen LogP contribution in [0.2, 0.25) is 5.02 Å². The Bertz CT molecular complexity index is 621. The molecule has 1 saturated heterocycles. The van der Waals surface area contributed by atoms with Crippen LogP contribution in [-0.4, -0.2) is 43.8 Å². The van der Waals surface area contributed by atoms with E-state index in [1.54, 1.807) is 21.9 Å². The largest absolute Gasteiger partial charge is 0.453 e. The van der Waals surface area contributed by atoms with Gasteiger partial charge in [0, 0.05) is 35.8 Å². The number of primary amides is 1. The Kier molecular flexibility index (Phi) is 3.20. The second kappa shape index (κ2) is 4.80. The predicted molar refractivity (Wildman–Crippen MR) is 78.7 cm³/mol. The highest BCUT2D eigenvalue weighted by Gasteiger charge is 2.49. The molecule has 1 aromatic rings. The van der Waals surface area contributed by atoms with Crippen LogP contribution >= 0.6 is 11.6 Å². The minimum absolute atomic E-state index is 0.316. The van der Waals surface area contributed by atoms with Crippen LogP contribution < -0.4 is 10.6 Å². The first-order valence-electron chi connectivity index (χ1n) is 6.67. The van der Waals surface area contributed by atoms with E-state index in [1.165, 1.54) is 7.11 Å². The Morgan fingerprint density at radius 1 is 1.38 bits per heavy atom. The Balaban J connectivity index is 2.01. The molecule has 0 radical (unpaired) electrons. The van der Waals surface area contributed by atoms with Crippen molar-refractivity contribution < 1.29 is 14.3 Å². The van der Waals surface area contributed by atoms with Crippen molar-refractivity contribution in [2.75, 3.05) is 31.6 Å². The highest BCUT2D eigenvalue weighted by atomic mass is 35.5. The lowest BCUT2D eigenvalue weighted by Gasteiger charge is -2.24. The molecule has 3 amide bonds. The van der Waals surface area contributed by atoms with Gasteiger partial charge in [-0.05, 0) is 30.2 Å². The van der Waals surface area contributed by atoms with Crippen LogP contribution in [-0.2, 0) is 10.2 Å². The number of fused-ring (bicyclic) bond motifs is 2. The minimum Gasteiger partial charge on any atom is -0.453 e. The third-order valence-corrected chi connectivity index (χ3v) is 4.57. The molecule has 7 heteroatoms. The zero-order valence-electron chi connectivity index (χ0n) is 11.6. The fraction of sp³-hybridized carbons (Fsp3) is 0.429. The molecule has 112 valence electrons. The number of hydrogen-bond acceptors (Lipinski definition) is 3. The number of nitrogens with two attached hydrogens (primary N) is 1. The van der Waals surface area contributed by atoms with Gasteiger partial charge in [0.15, 0.2) is 0 Å². The van der Waals surface area contributed by atoms with Crippen molar-refractivity contribution in [1.82, 2.24) is 4.90 Å². The number of rotatable bonds is 0. The molecule has 2 heterocycles. The topological polar surface area (TPSA) is 75.9 Å². The highest BCUT2D eigenvalue weighted by molar-refractivity contribution is 6.30. The van der Waals surface area contributed by atoms with Gasteiger partial charge in [0.2, 0.25) is 0 Å². The number of carbonyl (C=O) groups excluding carboxylic acids is 2. The molecule has 1 spiro atoms. The fourth-order valence-electron chi connectivity index (χ4n) is 3.34. The van der Waals surface area contributed by atoms with Gasteiger partial charge in [-0.1, -0.05) is 11.6 Å². The molecule has 6 nitrogen and oxygen atoms in total. The number of urea groups is 1. The van der Waals surface area contributed by atoms with E-state index in [-0.39, 0.29) is 11.5 Å². The molecule has 1 aromatic carbocycles. The summed E-state index contributed by atoms with van der Waals surface area (Å²) in [7, 11) is 1.36. The van der Waals surface area contributed by atoms with Crippen LogP contribution in [0, 0.1) is 0 Å². The smallest absolute Gasteiger partial charge is 0.409 e. The fourth-order valence-corrected chi connectivity index (χ4v) is 3.52. The third-order valence-electron chi connectivity index (χ3n) is 4.33. The van der Waals surface area contributed by atoms with Gasteiger partial charge in [-0.3, -0.25) is 4.90 Å². The number of carbonyl (C=O) groups is 2. The molecule has 0 bridgehead atoms. The second-order valence-corrected chi connectivity index (χ2v) is 5.94. The minimum atomic E-state index is -0.494. The van der Waals surface area contributed by atoms with Gasteiger partial charge < -0.3 is 15.4 Å². The van der Waals surface area contributed by atoms with Crippen LogP contribution in [0.4, 0.5) is 15.3 Å². The first kappa shape index (κ1) is 14.0. The first-order valence-corrected chi connectivity index (χ1v) is 7.04. The number of ether oxygens (including phenoxy) is 1. The molecule has 2 aliphatic heterocycles. The zero-order chi connectivity index (χ0) is 15.2. The van der Waals surface area contributed by atoms with Gasteiger partial charge in [-0.25, -0.2) is 9.59 Å². The number of likely N-dealkylation sites (tertiary alicyclic amines) is 1. The standard InChI is InChI=1S/C14H16ClN3O3/c1-21-13(20)17-5-4-14(7-17)8-18(12(16)19)11-3-2-9(15)6-10(11)14/h2-3,6H,4-5,7-8H2,1H3,(H2,16,19). The van der Waals surface area contributed by atoms with Crippen molar-refractivity contribution in [3.63, 3.8) is 0 Å². The van der Waals surface area contributed by atoms with Crippen LogP contribution in [0.15, 0.2) is 18.2 Å². The van der Waals surface area contributed by atoms with Gasteiger partial charge in [0.1, 0.15) is 0 Å². The van der Waals surface area contributed by atoms with Crippen molar-refractivity contribution in [2.24, 2.45) is 5.73 Å². The van der Waals surface area contributed by atoms with E-state index in [9.17, 15) is 9.59 Å². The lowest BCUT2D eigenvalue weighted by Crippen LogP contribution is -2.42. The van der Waals surface area contributed by atoms with Gasteiger partial charge >= 0.3 is 12.1 Å². The van der Waals surface area contributed by atoms with E-state index in [0.29, 0.717) is 24.7 Å². The van der Waals surface area contributed by atoms with Crippen LogP contribution in [0.25, 0.3) is 0 Å². The summed E-state index contributed by atoms with van der Waals surface area (Å²) in [6, 6.07) is 4.91. The molecule has 1 fully saturated rings. The maximum Gasteiger partial charge on any atom is 0.409 e. The molecule has 2 aliphatic rings. The molecular weight excluding hydrogens is 294 g/mol. The number of nitrogens with zero attached hydrogens (tertiary/aromatic N) is 2. The predicted octanol–water partition coefficient (Wildman–Crippen LogP) is 1.95. The number of benzene rings is 1. The summed E-state index contributed by atoms with van der Waals surface area (Å²) >= 11 is 6.10. The SMILES string of the molecule is COC(=O)N1CCC2(C1)CN(C(N)=O)c1ccc(Cl)cc12. The summed E-state index contributed by atoms with van der Waals surface area (Å²) < 4.78 is 4.78. The van der Waals surface area contributed by atoms with Gasteiger partial charge in [-0.15, -0.1) is 0 Å². The van der Waals surface area contributed by atoms with Crippen molar-refractivity contribution in [2.45, 2.75) is 11.8 Å². The Morgan fingerprint density at radius 2 is 2.14 bits per heavy atom. The quantitative estimate of drug-likeness (QED) is 0.796. The molecule has 1 unspecified atom stereocenters. The lowest BCUT2D eigenvalue weighted by molar-refractivity contribution is 0.131. The van der Waals surface area contributed by atoms with E-state index in [0.717, 1.165) is 17.7 Å². The molecule has 21 heavy (non-hydrogen) atoms. The monoisotopic (exact) mass is 309 g/mol. The van der Waals surface area contributed by atoms with E-state index in [2.05, 4.69) is 0 Å². The maximum absolute atomic E-state index is 11.7. The van der Waals surface area contributed by atoms with Crippen LogP contribution in [0.3, 0.4) is 0 Å². The summed E-state index contributed by atoms with van der Waals surface area (Å²) in [6.45, 7) is 1.55. The Morgan fingerprint density at radius 3 is 2.81 bits per heavy atom. The number of hydrogen-bond donors (Lipinski definition) is 1. The number of amides is 3. The number of halogens is 1. The van der Waals surface area contributed by atoms with E-state index in [1.807, 2.05) is 6.07 Å². The van der Waals surface area contributed by atoms with Gasteiger partial charge in [-0.2, -0.15) is 0 Å². The van der Waals surface area contributed by atoms with Gasteiger partial charge in [0.25, 0.3) is 0 Å². The van der Waals surface area contributed by atoms with Crippen molar-refractivity contribution in [1.29, 1.82) is 0 Å². The van der Waals surface area contributed by atoms with Crippen molar-refractivity contribution in [3.05, 3.63) is 28.8 Å². The van der Waals surface area contributed by atoms with Crippen molar-refractivity contribution >= 4 is 29.4 Å². The summed E-state index contributed by atoms with van der Waals surface area (Å²) in [5.74, 6) is 0. The van der Waals surface area contributed by atoms with Crippen molar-refractivity contribution in [3.8, 4) is 0 Å². The molecule has 3 rings (SSSR count). The molecule has 1 atom stereocenters. The van der Waals surface area contributed by atoms with E-state index >= 15 is 0 Å². The average Bonchev–Trinajstić information content (AvgIpc) is 3.02.